The Labute approximate surface area is 169 Å². The Bertz CT molecular complexity index is 920. The number of aliphatic hydroxyl groups is 1. The number of nitrogens with one attached hydrogen (secondary N) is 2. The molecule has 3 aromatic rings. The zero-order chi connectivity index (χ0) is 19.3. The molecular formula is C21H25N5OS. The van der Waals surface area contributed by atoms with Crippen molar-refractivity contribution in [3.63, 3.8) is 0 Å². The molecule has 0 atom stereocenters. The standard InChI is InChI=1S/C21H25N5OS/c1-14-9-10-22-20(11-14)26-19-4-2-3-17(25-19)18-12-24-21(28-18)13-23-15-5-7-16(27)8-6-15/h2-4,9-12,15-16,23,27H,5-8,13H2,1H3,(H,22,25,26)/t15-,16-. The topological polar surface area (TPSA) is 83.0 Å². The van der Waals surface area contributed by atoms with Crippen molar-refractivity contribution in [1.82, 2.24) is 20.3 Å². The maximum Gasteiger partial charge on any atom is 0.132 e. The fourth-order valence-corrected chi connectivity index (χ4v) is 4.24. The Balaban J connectivity index is 1.39. The third-order valence-corrected chi connectivity index (χ3v) is 5.99. The predicted octanol–water partition coefficient (Wildman–Crippen LogP) is 4.05. The number of aryl methyl sites for hydroxylation is 1. The quantitative estimate of drug-likeness (QED) is 0.584. The minimum absolute atomic E-state index is 0.119. The van der Waals surface area contributed by atoms with Crippen molar-refractivity contribution < 1.29 is 5.11 Å². The van der Waals surface area contributed by atoms with Gasteiger partial charge in [-0.05, 0) is 62.4 Å². The highest BCUT2D eigenvalue weighted by Crippen LogP contribution is 2.27. The van der Waals surface area contributed by atoms with Crippen LogP contribution in [0.25, 0.3) is 10.6 Å². The number of nitrogens with zero attached hydrogens (tertiary/aromatic N) is 3. The van der Waals surface area contributed by atoms with Crippen LogP contribution < -0.4 is 10.6 Å². The van der Waals surface area contributed by atoms with Crippen molar-refractivity contribution in [3.05, 3.63) is 53.3 Å². The average molecular weight is 396 g/mol. The van der Waals surface area contributed by atoms with Gasteiger partial charge in [-0.1, -0.05) is 6.07 Å². The lowest BCUT2D eigenvalue weighted by Crippen LogP contribution is -2.34. The zero-order valence-electron chi connectivity index (χ0n) is 15.9. The van der Waals surface area contributed by atoms with Crippen LogP contribution in [0.1, 0.15) is 36.3 Å². The lowest BCUT2D eigenvalue weighted by atomic mass is 9.93. The number of anilines is 2. The van der Waals surface area contributed by atoms with Crippen LogP contribution in [0.3, 0.4) is 0 Å². The molecule has 0 saturated heterocycles. The minimum atomic E-state index is -0.119. The summed E-state index contributed by atoms with van der Waals surface area (Å²) in [6.45, 7) is 2.80. The summed E-state index contributed by atoms with van der Waals surface area (Å²) < 4.78 is 0. The Morgan fingerprint density at radius 3 is 2.79 bits per heavy atom. The summed E-state index contributed by atoms with van der Waals surface area (Å²) in [6, 6.07) is 10.4. The van der Waals surface area contributed by atoms with E-state index in [0.717, 1.165) is 65.0 Å². The van der Waals surface area contributed by atoms with Crippen molar-refractivity contribution in [2.45, 2.75) is 51.3 Å². The van der Waals surface area contributed by atoms with Gasteiger partial charge in [0.2, 0.25) is 0 Å². The molecule has 0 spiro atoms. The molecule has 1 aliphatic carbocycles. The maximum absolute atomic E-state index is 9.62. The molecule has 28 heavy (non-hydrogen) atoms. The molecule has 0 bridgehead atoms. The first kappa shape index (κ1) is 19.0. The van der Waals surface area contributed by atoms with Gasteiger partial charge < -0.3 is 15.7 Å². The molecular weight excluding hydrogens is 370 g/mol. The van der Waals surface area contributed by atoms with Gasteiger partial charge in [-0.25, -0.2) is 15.0 Å². The molecule has 1 saturated carbocycles. The summed E-state index contributed by atoms with van der Waals surface area (Å²) in [5.41, 5.74) is 2.06. The van der Waals surface area contributed by atoms with Crippen molar-refractivity contribution in [2.75, 3.05) is 5.32 Å². The molecule has 3 N–H and O–H groups in total. The van der Waals surface area contributed by atoms with Crippen molar-refractivity contribution in [2.24, 2.45) is 0 Å². The number of rotatable bonds is 6. The summed E-state index contributed by atoms with van der Waals surface area (Å²) in [4.78, 5) is 14.6. The molecule has 0 aromatic carbocycles. The Hall–Kier alpha value is -2.35. The van der Waals surface area contributed by atoms with Gasteiger partial charge in [-0.15, -0.1) is 11.3 Å². The highest BCUT2D eigenvalue weighted by molar-refractivity contribution is 7.15. The van der Waals surface area contributed by atoms with E-state index < -0.39 is 0 Å². The number of hydrogen-bond acceptors (Lipinski definition) is 7. The van der Waals surface area contributed by atoms with Crippen molar-refractivity contribution in [3.8, 4) is 10.6 Å². The van der Waals surface area contributed by atoms with Crippen molar-refractivity contribution >= 4 is 23.0 Å². The van der Waals surface area contributed by atoms with Gasteiger partial charge in [-0.3, -0.25) is 0 Å². The van der Waals surface area contributed by atoms with Crippen LogP contribution in [-0.2, 0) is 6.54 Å². The lowest BCUT2D eigenvalue weighted by Gasteiger charge is -2.25. The first-order chi connectivity index (χ1) is 13.7. The smallest absolute Gasteiger partial charge is 0.132 e. The number of thiazole rings is 1. The number of aliphatic hydroxyl groups excluding tert-OH is 1. The second-order valence-electron chi connectivity index (χ2n) is 7.26. The van der Waals surface area contributed by atoms with Crippen molar-refractivity contribution in [1.29, 1.82) is 0 Å². The molecule has 3 heterocycles. The largest absolute Gasteiger partial charge is 0.393 e. The van der Waals surface area contributed by atoms with Crippen LogP contribution in [0.15, 0.2) is 42.7 Å². The number of aromatic nitrogens is 3. The van der Waals surface area contributed by atoms with Crippen LogP contribution in [0.2, 0.25) is 0 Å². The van der Waals surface area contributed by atoms with E-state index in [1.165, 1.54) is 0 Å². The Morgan fingerprint density at radius 2 is 1.96 bits per heavy atom. The predicted molar refractivity (Wildman–Crippen MR) is 113 cm³/mol. The summed E-state index contributed by atoms with van der Waals surface area (Å²) in [5.74, 6) is 1.56. The molecule has 7 heteroatoms. The molecule has 3 aromatic heterocycles. The van der Waals surface area contributed by atoms with E-state index in [-0.39, 0.29) is 6.10 Å². The van der Waals surface area contributed by atoms with E-state index in [0.29, 0.717) is 6.04 Å². The fourth-order valence-electron chi connectivity index (χ4n) is 3.40. The van der Waals surface area contributed by atoms with Gasteiger partial charge in [0.25, 0.3) is 0 Å². The maximum atomic E-state index is 9.62. The highest BCUT2D eigenvalue weighted by Gasteiger charge is 2.19. The van der Waals surface area contributed by atoms with Gasteiger partial charge in [0, 0.05) is 25.0 Å². The highest BCUT2D eigenvalue weighted by atomic mass is 32.1. The molecule has 0 aliphatic heterocycles. The zero-order valence-corrected chi connectivity index (χ0v) is 16.7. The van der Waals surface area contributed by atoms with Crippen LogP contribution in [0, 0.1) is 6.92 Å². The molecule has 0 amide bonds. The molecule has 0 radical (unpaired) electrons. The summed E-state index contributed by atoms with van der Waals surface area (Å²) >= 11 is 1.66. The molecule has 4 rings (SSSR count). The van der Waals surface area contributed by atoms with Gasteiger partial charge >= 0.3 is 0 Å². The van der Waals surface area contributed by atoms with Crippen LogP contribution >= 0.6 is 11.3 Å². The Morgan fingerprint density at radius 1 is 1.11 bits per heavy atom. The molecule has 1 fully saturated rings. The lowest BCUT2D eigenvalue weighted by molar-refractivity contribution is 0.116. The van der Waals surface area contributed by atoms with Crippen LogP contribution in [-0.4, -0.2) is 32.2 Å². The van der Waals surface area contributed by atoms with E-state index in [1.54, 1.807) is 17.5 Å². The normalized spacial score (nSPS) is 19.5. The van der Waals surface area contributed by atoms with E-state index in [1.807, 2.05) is 43.5 Å². The fraction of sp³-hybridized carbons (Fsp3) is 0.381. The summed E-state index contributed by atoms with van der Waals surface area (Å²) in [6.07, 6.45) is 7.40. The van der Waals surface area contributed by atoms with Gasteiger partial charge in [-0.2, -0.15) is 0 Å². The SMILES string of the molecule is Cc1ccnc(Nc2cccc(-c3cnc(CN[C@H]4CC[C@H](O)CC4)s3)n2)c1. The first-order valence-corrected chi connectivity index (χ1v) is 10.5. The monoisotopic (exact) mass is 395 g/mol. The van der Waals surface area contributed by atoms with Gasteiger partial charge in [0.15, 0.2) is 0 Å². The second-order valence-corrected chi connectivity index (χ2v) is 8.37. The van der Waals surface area contributed by atoms with Gasteiger partial charge in [0.1, 0.15) is 16.6 Å². The average Bonchev–Trinajstić information content (AvgIpc) is 3.17. The third-order valence-electron chi connectivity index (χ3n) is 4.97. The van der Waals surface area contributed by atoms with E-state index in [4.69, 9.17) is 4.98 Å². The van der Waals surface area contributed by atoms with Crippen LogP contribution in [0.5, 0.6) is 0 Å². The summed E-state index contributed by atoms with van der Waals surface area (Å²) in [5, 5.41) is 17.5. The molecule has 1 aliphatic rings. The second kappa shape index (κ2) is 8.77. The minimum Gasteiger partial charge on any atom is -0.393 e. The number of hydrogen-bond donors (Lipinski definition) is 3. The van der Waals surface area contributed by atoms with Gasteiger partial charge in [0.05, 0.1) is 16.7 Å². The Kier molecular flexibility index (Phi) is 5.95. The molecule has 6 nitrogen and oxygen atoms in total. The first-order valence-electron chi connectivity index (χ1n) is 9.69. The summed E-state index contributed by atoms with van der Waals surface area (Å²) in [7, 11) is 0. The van der Waals surface area contributed by atoms with Crippen LogP contribution in [0.4, 0.5) is 11.6 Å². The van der Waals surface area contributed by atoms with E-state index in [2.05, 4.69) is 20.6 Å². The third kappa shape index (κ3) is 4.92. The molecule has 0 unspecified atom stereocenters. The molecule has 146 valence electrons. The number of pyridine rings is 2. The van der Waals surface area contributed by atoms with E-state index >= 15 is 0 Å². The van der Waals surface area contributed by atoms with E-state index in [9.17, 15) is 5.11 Å².